The van der Waals surface area contributed by atoms with Crippen molar-refractivity contribution in [1.82, 2.24) is 14.3 Å². The standard InChI is InChI=1S/C20H26ClN5O2S/c1-16-5-6-17(21)15-18(16)29(27,28)26-13-11-24(12-14-26)19-7-8-22-20(23-19)25-9-3-2-4-10-25/h5-8,15H,2-4,9-14H2,1H3. The van der Waals surface area contributed by atoms with E-state index in [0.29, 0.717) is 36.8 Å². The fourth-order valence-electron chi connectivity index (χ4n) is 3.91. The number of halogens is 1. The number of aryl methyl sites for hydroxylation is 1. The van der Waals surface area contributed by atoms with E-state index in [9.17, 15) is 8.42 Å². The number of piperidine rings is 1. The zero-order chi connectivity index (χ0) is 20.4. The van der Waals surface area contributed by atoms with Gasteiger partial charge in [0.05, 0.1) is 4.90 Å². The second kappa shape index (κ2) is 8.45. The highest BCUT2D eigenvalue weighted by Crippen LogP contribution is 2.26. The summed E-state index contributed by atoms with van der Waals surface area (Å²) in [6, 6.07) is 6.89. The lowest BCUT2D eigenvalue weighted by atomic mass is 10.1. The van der Waals surface area contributed by atoms with Crippen molar-refractivity contribution in [3.05, 3.63) is 41.0 Å². The monoisotopic (exact) mass is 435 g/mol. The Morgan fingerprint density at radius 2 is 1.66 bits per heavy atom. The van der Waals surface area contributed by atoms with Gasteiger partial charge in [-0.15, -0.1) is 0 Å². The van der Waals surface area contributed by atoms with Gasteiger partial charge >= 0.3 is 0 Å². The first-order valence-corrected chi connectivity index (χ1v) is 11.9. The summed E-state index contributed by atoms with van der Waals surface area (Å²) in [6.45, 7) is 5.80. The van der Waals surface area contributed by atoms with Gasteiger partial charge in [0.2, 0.25) is 16.0 Å². The van der Waals surface area contributed by atoms with Crippen molar-refractivity contribution >= 4 is 33.4 Å². The maximum atomic E-state index is 13.1. The van der Waals surface area contributed by atoms with E-state index in [1.165, 1.54) is 29.6 Å². The Labute approximate surface area is 177 Å². The van der Waals surface area contributed by atoms with Crippen LogP contribution in [0.25, 0.3) is 0 Å². The summed E-state index contributed by atoms with van der Waals surface area (Å²) < 4.78 is 27.7. The highest BCUT2D eigenvalue weighted by atomic mass is 35.5. The molecule has 2 fully saturated rings. The van der Waals surface area contributed by atoms with Crippen LogP contribution >= 0.6 is 11.6 Å². The third-order valence-electron chi connectivity index (χ3n) is 5.60. The van der Waals surface area contributed by atoms with Crippen molar-refractivity contribution in [2.24, 2.45) is 0 Å². The molecular weight excluding hydrogens is 410 g/mol. The van der Waals surface area contributed by atoms with Crippen LogP contribution in [-0.2, 0) is 10.0 Å². The minimum absolute atomic E-state index is 0.285. The Bertz CT molecular complexity index is 971. The van der Waals surface area contributed by atoms with Crippen molar-refractivity contribution in [3.63, 3.8) is 0 Å². The molecule has 1 aromatic carbocycles. The molecule has 7 nitrogen and oxygen atoms in total. The van der Waals surface area contributed by atoms with Crippen LogP contribution in [0.1, 0.15) is 24.8 Å². The van der Waals surface area contributed by atoms with Crippen LogP contribution in [-0.4, -0.2) is 62.0 Å². The largest absolute Gasteiger partial charge is 0.354 e. The molecule has 0 radical (unpaired) electrons. The molecular formula is C20H26ClN5O2S. The number of rotatable bonds is 4. The molecule has 0 unspecified atom stereocenters. The second-order valence-electron chi connectivity index (χ2n) is 7.56. The zero-order valence-corrected chi connectivity index (χ0v) is 18.2. The lowest BCUT2D eigenvalue weighted by molar-refractivity contribution is 0.383. The Balaban J connectivity index is 1.46. The molecule has 0 spiro atoms. The van der Waals surface area contributed by atoms with Gasteiger partial charge in [0.1, 0.15) is 5.82 Å². The highest BCUT2D eigenvalue weighted by Gasteiger charge is 2.30. The first-order valence-electron chi connectivity index (χ1n) is 10.0. The number of piperazine rings is 1. The van der Waals surface area contributed by atoms with Gasteiger partial charge < -0.3 is 9.80 Å². The van der Waals surface area contributed by atoms with Crippen LogP contribution in [0.3, 0.4) is 0 Å². The normalized spacial score (nSPS) is 18.8. The van der Waals surface area contributed by atoms with Crippen LogP contribution in [0.5, 0.6) is 0 Å². The molecule has 0 aliphatic carbocycles. The summed E-state index contributed by atoms with van der Waals surface area (Å²) in [4.78, 5) is 13.8. The summed E-state index contributed by atoms with van der Waals surface area (Å²) >= 11 is 6.03. The van der Waals surface area contributed by atoms with E-state index < -0.39 is 10.0 Å². The molecule has 0 N–H and O–H groups in total. The molecule has 0 atom stereocenters. The molecule has 156 valence electrons. The molecule has 1 aromatic heterocycles. The Hall–Kier alpha value is -1.90. The predicted molar refractivity (Wildman–Crippen MR) is 115 cm³/mol. The topological polar surface area (TPSA) is 69.6 Å². The Morgan fingerprint density at radius 1 is 0.931 bits per heavy atom. The number of hydrogen-bond donors (Lipinski definition) is 0. The molecule has 4 rings (SSSR count). The molecule has 2 aromatic rings. The molecule has 0 saturated carbocycles. The molecule has 0 bridgehead atoms. The number of nitrogens with zero attached hydrogens (tertiary/aromatic N) is 5. The molecule has 2 saturated heterocycles. The van der Waals surface area contributed by atoms with E-state index in [-0.39, 0.29) is 4.90 Å². The minimum atomic E-state index is -3.56. The van der Waals surface area contributed by atoms with Gasteiger partial charge in [-0.25, -0.2) is 13.4 Å². The van der Waals surface area contributed by atoms with Gasteiger partial charge in [0.25, 0.3) is 0 Å². The molecule has 29 heavy (non-hydrogen) atoms. The van der Waals surface area contributed by atoms with E-state index in [0.717, 1.165) is 24.9 Å². The number of hydrogen-bond acceptors (Lipinski definition) is 6. The first-order chi connectivity index (χ1) is 13.9. The summed E-state index contributed by atoms with van der Waals surface area (Å²) in [6.07, 6.45) is 5.41. The summed E-state index contributed by atoms with van der Waals surface area (Å²) in [5.74, 6) is 1.63. The van der Waals surface area contributed by atoms with Crippen molar-refractivity contribution < 1.29 is 8.42 Å². The Kier molecular flexibility index (Phi) is 5.94. The maximum Gasteiger partial charge on any atom is 0.243 e. The second-order valence-corrected chi connectivity index (χ2v) is 9.91. The SMILES string of the molecule is Cc1ccc(Cl)cc1S(=O)(=O)N1CCN(c2ccnc(N3CCCCC3)n2)CC1. The van der Waals surface area contributed by atoms with Crippen LogP contribution in [0.2, 0.25) is 5.02 Å². The van der Waals surface area contributed by atoms with E-state index in [1.807, 2.05) is 6.07 Å². The third-order valence-corrected chi connectivity index (χ3v) is 7.87. The van der Waals surface area contributed by atoms with E-state index in [4.69, 9.17) is 16.6 Å². The van der Waals surface area contributed by atoms with Crippen molar-refractivity contribution in [2.75, 3.05) is 49.1 Å². The third kappa shape index (κ3) is 4.34. The van der Waals surface area contributed by atoms with Crippen molar-refractivity contribution in [2.45, 2.75) is 31.1 Å². The fraction of sp³-hybridized carbons (Fsp3) is 0.500. The number of benzene rings is 1. The van der Waals surface area contributed by atoms with Gasteiger partial charge in [-0.05, 0) is 49.9 Å². The van der Waals surface area contributed by atoms with Gasteiger partial charge in [-0.2, -0.15) is 9.29 Å². The van der Waals surface area contributed by atoms with E-state index in [1.54, 1.807) is 25.3 Å². The predicted octanol–water partition coefficient (Wildman–Crippen LogP) is 2.94. The molecule has 3 heterocycles. The number of sulfonamides is 1. The summed E-state index contributed by atoms with van der Waals surface area (Å²) in [5, 5.41) is 0.430. The van der Waals surface area contributed by atoms with Gasteiger partial charge in [0, 0.05) is 50.5 Å². The smallest absolute Gasteiger partial charge is 0.243 e. The average Bonchev–Trinajstić information content (AvgIpc) is 2.76. The van der Waals surface area contributed by atoms with Crippen LogP contribution in [0.15, 0.2) is 35.4 Å². The molecule has 2 aliphatic rings. The molecule has 9 heteroatoms. The molecule has 0 amide bonds. The highest BCUT2D eigenvalue weighted by molar-refractivity contribution is 7.89. The van der Waals surface area contributed by atoms with Crippen LogP contribution in [0, 0.1) is 6.92 Å². The lowest BCUT2D eigenvalue weighted by Gasteiger charge is -2.35. The number of aromatic nitrogens is 2. The zero-order valence-electron chi connectivity index (χ0n) is 16.6. The summed E-state index contributed by atoms with van der Waals surface area (Å²) in [7, 11) is -3.56. The quantitative estimate of drug-likeness (QED) is 0.735. The van der Waals surface area contributed by atoms with Gasteiger partial charge in [-0.1, -0.05) is 17.7 Å². The van der Waals surface area contributed by atoms with Crippen molar-refractivity contribution in [3.8, 4) is 0 Å². The van der Waals surface area contributed by atoms with Crippen molar-refractivity contribution in [1.29, 1.82) is 0 Å². The summed E-state index contributed by atoms with van der Waals surface area (Å²) in [5.41, 5.74) is 0.707. The van der Waals surface area contributed by atoms with E-state index >= 15 is 0 Å². The maximum absolute atomic E-state index is 13.1. The van der Waals surface area contributed by atoms with Gasteiger partial charge in [0.15, 0.2) is 0 Å². The average molecular weight is 436 g/mol. The minimum Gasteiger partial charge on any atom is -0.354 e. The van der Waals surface area contributed by atoms with Crippen LogP contribution in [0.4, 0.5) is 11.8 Å². The van der Waals surface area contributed by atoms with Crippen LogP contribution < -0.4 is 9.80 Å². The Morgan fingerprint density at radius 3 is 2.38 bits per heavy atom. The fourth-order valence-corrected chi connectivity index (χ4v) is 5.82. The molecule has 2 aliphatic heterocycles. The number of anilines is 2. The lowest BCUT2D eigenvalue weighted by Crippen LogP contribution is -2.49. The van der Waals surface area contributed by atoms with Gasteiger partial charge in [-0.3, -0.25) is 0 Å². The first kappa shape index (κ1) is 20.4. The van der Waals surface area contributed by atoms with E-state index in [2.05, 4.69) is 14.8 Å².